The number of hydrogen-bond donors (Lipinski definition) is 0. The van der Waals surface area contributed by atoms with Crippen LogP contribution in [0.15, 0.2) is 127 Å². The van der Waals surface area contributed by atoms with Crippen LogP contribution in [0.5, 0.6) is 11.5 Å². The third-order valence-electron chi connectivity index (χ3n) is 9.99. The minimum Gasteiger partial charge on any atom is -0.456 e. The van der Waals surface area contributed by atoms with Gasteiger partial charge in [0.1, 0.15) is 11.5 Å². The van der Waals surface area contributed by atoms with Gasteiger partial charge in [0.25, 0.3) is 0 Å². The molecule has 1 heteroatoms. The van der Waals surface area contributed by atoms with Gasteiger partial charge < -0.3 is 4.74 Å². The predicted molar refractivity (Wildman–Crippen MR) is 172 cm³/mol. The summed E-state index contributed by atoms with van der Waals surface area (Å²) in [7, 11) is 0. The molecule has 6 aromatic rings. The van der Waals surface area contributed by atoms with Crippen molar-refractivity contribution >= 4 is 0 Å². The van der Waals surface area contributed by atoms with E-state index < -0.39 is 5.41 Å². The fourth-order valence-corrected chi connectivity index (χ4v) is 8.28. The lowest BCUT2D eigenvalue weighted by Gasteiger charge is -2.40. The van der Waals surface area contributed by atoms with Gasteiger partial charge in [-0.3, -0.25) is 0 Å². The van der Waals surface area contributed by atoms with Crippen molar-refractivity contribution in [3.05, 3.63) is 166 Å². The minimum absolute atomic E-state index is 0.0656. The van der Waals surface area contributed by atoms with E-state index in [9.17, 15) is 0 Å². The summed E-state index contributed by atoms with van der Waals surface area (Å²) < 4.78 is 7.03. The van der Waals surface area contributed by atoms with E-state index >= 15 is 0 Å². The Morgan fingerprint density at radius 1 is 0.452 bits per heavy atom. The van der Waals surface area contributed by atoms with Gasteiger partial charge in [0, 0.05) is 22.1 Å². The Bertz CT molecular complexity index is 2070. The molecule has 6 aromatic carbocycles. The number of para-hydroxylation sites is 1. The van der Waals surface area contributed by atoms with Crippen molar-refractivity contribution in [1.29, 1.82) is 0 Å². The summed E-state index contributed by atoms with van der Waals surface area (Å²) in [5.74, 6) is 1.89. The van der Waals surface area contributed by atoms with Crippen molar-refractivity contribution in [1.82, 2.24) is 0 Å². The number of benzene rings is 6. The Kier molecular flexibility index (Phi) is 4.59. The maximum Gasteiger partial charge on any atom is 0.140 e. The van der Waals surface area contributed by atoms with Crippen LogP contribution in [0.2, 0.25) is 0 Å². The molecule has 0 unspecified atom stereocenters. The number of hydrogen-bond acceptors (Lipinski definition) is 1. The zero-order valence-corrected chi connectivity index (χ0v) is 24.0. The predicted octanol–water partition coefficient (Wildman–Crippen LogP) is 10.4. The summed E-state index contributed by atoms with van der Waals surface area (Å²) in [6.45, 7) is 6.92. The number of rotatable bonds is 1. The minimum atomic E-state index is -0.465. The zero-order chi connectivity index (χ0) is 28.2. The molecule has 200 valence electrons. The van der Waals surface area contributed by atoms with Crippen LogP contribution < -0.4 is 4.74 Å². The highest BCUT2D eigenvalue weighted by Gasteiger charge is 2.51. The number of ether oxygens (including phenoxy) is 1. The average Bonchev–Trinajstić information content (AvgIpc) is 3.45. The monoisotopic (exact) mass is 538 g/mol. The van der Waals surface area contributed by atoms with Gasteiger partial charge in [-0.05, 0) is 74.7 Å². The highest BCUT2D eigenvalue weighted by Crippen LogP contribution is 2.64. The Labute approximate surface area is 247 Å². The lowest BCUT2D eigenvalue weighted by Crippen LogP contribution is -2.32. The van der Waals surface area contributed by atoms with Crippen LogP contribution in [-0.4, -0.2) is 0 Å². The van der Waals surface area contributed by atoms with Gasteiger partial charge in [0.05, 0.1) is 5.41 Å². The lowest BCUT2D eigenvalue weighted by molar-refractivity contribution is 0.438. The molecule has 0 N–H and O–H groups in total. The molecule has 0 aromatic heterocycles. The highest BCUT2D eigenvalue weighted by atomic mass is 16.5. The molecular weight excluding hydrogens is 508 g/mol. The largest absolute Gasteiger partial charge is 0.456 e. The van der Waals surface area contributed by atoms with E-state index in [1.165, 1.54) is 66.8 Å². The highest BCUT2D eigenvalue weighted by molar-refractivity contribution is 5.96. The first-order valence-corrected chi connectivity index (χ1v) is 14.9. The van der Waals surface area contributed by atoms with Crippen molar-refractivity contribution in [2.24, 2.45) is 0 Å². The SMILES string of the molecule is Cc1cc(-c2cccc3c2-c2ccccc2C3(C)C)c2c(c1)C1(c3ccccc3O2)c2ccccc2-c2ccccc21. The molecule has 9 rings (SSSR count). The standard InChI is InChI=1S/C41H30O/c1-25-23-30(28-16-12-21-35-38(28)29-15-6-7-17-31(29)40(35,2)3)39-36(24-25)41(34-20-10-11-22-37(34)42-39)32-18-8-4-13-26(32)27-14-5-9-19-33(27)41/h4-24H,1-3H3. The molecule has 0 atom stereocenters. The average molecular weight is 539 g/mol. The van der Waals surface area contributed by atoms with Crippen molar-refractivity contribution in [2.45, 2.75) is 31.6 Å². The van der Waals surface area contributed by atoms with E-state index in [-0.39, 0.29) is 5.41 Å². The van der Waals surface area contributed by atoms with Crippen LogP contribution in [0.4, 0.5) is 0 Å². The van der Waals surface area contributed by atoms with Crippen LogP contribution in [0.3, 0.4) is 0 Å². The molecule has 1 nitrogen and oxygen atoms in total. The van der Waals surface area contributed by atoms with E-state index in [1.54, 1.807) is 0 Å². The Hall–Kier alpha value is -4.88. The molecule has 0 saturated carbocycles. The first-order valence-electron chi connectivity index (χ1n) is 14.9. The normalized spacial score (nSPS) is 15.6. The van der Waals surface area contributed by atoms with Gasteiger partial charge in [0.15, 0.2) is 0 Å². The topological polar surface area (TPSA) is 9.23 Å². The summed E-state index contributed by atoms with van der Waals surface area (Å²) in [5.41, 5.74) is 16.2. The van der Waals surface area contributed by atoms with Gasteiger partial charge in [0.2, 0.25) is 0 Å². The molecular formula is C41H30O. The van der Waals surface area contributed by atoms with Gasteiger partial charge in [-0.25, -0.2) is 0 Å². The van der Waals surface area contributed by atoms with E-state index in [0.717, 1.165) is 17.1 Å². The Morgan fingerprint density at radius 2 is 1.00 bits per heavy atom. The molecule has 1 spiro atoms. The Balaban J connectivity index is 1.43. The third-order valence-corrected chi connectivity index (χ3v) is 9.99. The smallest absolute Gasteiger partial charge is 0.140 e. The van der Waals surface area contributed by atoms with Gasteiger partial charge >= 0.3 is 0 Å². The molecule has 0 radical (unpaired) electrons. The molecule has 0 saturated heterocycles. The lowest BCUT2D eigenvalue weighted by atomic mass is 9.65. The van der Waals surface area contributed by atoms with Gasteiger partial charge in [-0.2, -0.15) is 0 Å². The number of fused-ring (bicyclic) bond motifs is 12. The third kappa shape index (κ3) is 2.79. The second kappa shape index (κ2) is 8.11. The fraction of sp³-hybridized carbons (Fsp3) is 0.122. The van der Waals surface area contributed by atoms with Crippen molar-refractivity contribution < 1.29 is 4.74 Å². The van der Waals surface area contributed by atoms with Crippen LogP contribution in [0.1, 0.15) is 52.8 Å². The van der Waals surface area contributed by atoms with Crippen molar-refractivity contribution in [3.8, 4) is 44.9 Å². The zero-order valence-electron chi connectivity index (χ0n) is 24.0. The van der Waals surface area contributed by atoms with E-state index in [0.29, 0.717) is 0 Å². The van der Waals surface area contributed by atoms with Gasteiger partial charge in [-0.15, -0.1) is 0 Å². The molecule has 1 heterocycles. The molecule has 0 amide bonds. The molecule has 0 fully saturated rings. The van der Waals surface area contributed by atoms with Crippen LogP contribution in [0.25, 0.3) is 33.4 Å². The van der Waals surface area contributed by atoms with Crippen molar-refractivity contribution in [2.75, 3.05) is 0 Å². The molecule has 3 aliphatic rings. The first kappa shape index (κ1) is 23.8. The van der Waals surface area contributed by atoms with Crippen LogP contribution >= 0.6 is 0 Å². The molecule has 1 aliphatic heterocycles. The van der Waals surface area contributed by atoms with Crippen LogP contribution in [0, 0.1) is 6.92 Å². The summed E-state index contributed by atoms with van der Waals surface area (Å²) >= 11 is 0. The van der Waals surface area contributed by atoms with Crippen LogP contribution in [-0.2, 0) is 10.8 Å². The van der Waals surface area contributed by atoms with E-state index in [2.05, 4.69) is 148 Å². The summed E-state index contributed by atoms with van der Waals surface area (Å²) in [6.07, 6.45) is 0. The molecule has 2 aliphatic carbocycles. The van der Waals surface area contributed by atoms with E-state index in [4.69, 9.17) is 4.74 Å². The fourth-order valence-electron chi connectivity index (χ4n) is 8.28. The van der Waals surface area contributed by atoms with Gasteiger partial charge in [-0.1, -0.05) is 129 Å². The second-order valence-corrected chi connectivity index (χ2v) is 12.5. The van der Waals surface area contributed by atoms with Crippen molar-refractivity contribution in [3.63, 3.8) is 0 Å². The maximum absolute atomic E-state index is 7.03. The summed E-state index contributed by atoms with van der Waals surface area (Å²) in [5, 5.41) is 0. The maximum atomic E-state index is 7.03. The quantitative estimate of drug-likeness (QED) is 0.202. The molecule has 42 heavy (non-hydrogen) atoms. The molecule has 0 bridgehead atoms. The second-order valence-electron chi connectivity index (χ2n) is 12.5. The number of aryl methyl sites for hydroxylation is 1. The summed E-state index contributed by atoms with van der Waals surface area (Å²) in [4.78, 5) is 0. The first-order chi connectivity index (χ1) is 20.5. The summed E-state index contributed by atoms with van der Waals surface area (Å²) in [6, 6.07) is 47.0. The Morgan fingerprint density at radius 3 is 1.71 bits per heavy atom. The van der Waals surface area contributed by atoms with E-state index in [1.807, 2.05) is 0 Å².